The summed E-state index contributed by atoms with van der Waals surface area (Å²) >= 11 is 3.05. The number of nitrogens with one attached hydrogen (secondary N) is 1. The third-order valence-electron chi connectivity index (χ3n) is 2.60. The van der Waals surface area contributed by atoms with Gasteiger partial charge in [0.1, 0.15) is 5.60 Å². The van der Waals surface area contributed by atoms with E-state index in [1.807, 2.05) is 35.0 Å². The van der Waals surface area contributed by atoms with Gasteiger partial charge in [-0.2, -0.15) is 0 Å². The summed E-state index contributed by atoms with van der Waals surface area (Å²) in [4.78, 5) is 13.5. The predicted molar refractivity (Wildman–Crippen MR) is 80.3 cm³/mol. The van der Waals surface area contributed by atoms with E-state index in [0.717, 1.165) is 9.75 Å². The molecule has 0 aliphatic rings. The lowest BCUT2D eigenvalue weighted by atomic mass is 10.1. The minimum Gasteiger partial charge on any atom is -0.383 e. The van der Waals surface area contributed by atoms with E-state index >= 15 is 0 Å². The third-order valence-corrected chi connectivity index (χ3v) is 4.56. The van der Waals surface area contributed by atoms with E-state index in [2.05, 4.69) is 5.32 Å². The normalized spacial score (nSPS) is 14.4. The number of hydrogen-bond donors (Lipinski definition) is 2. The smallest absolute Gasteiger partial charge is 0.244 e. The Hall–Kier alpha value is -1.43. The van der Waals surface area contributed by atoms with Gasteiger partial charge in [-0.15, -0.1) is 22.7 Å². The Morgan fingerprint density at radius 2 is 2.11 bits per heavy atom. The Labute approximate surface area is 120 Å². The molecule has 1 atom stereocenters. The predicted octanol–water partition coefficient (Wildman–Crippen LogP) is 2.85. The molecule has 2 N–H and O–H groups in total. The average Bonchev–Trinajstić information content (AvgIpc) is 3.06. The highest BCUT2D eigenvalue weighted by molar-refractivity contribution is 7.10. The first-order valence-electron chi connectivity index (χ1n) is 5.84. The maximum absolute atomic E-state index is 11.7. The van der Waals surface area contributed by atoms with Crippen LogP contribution < -0.4 is 5.32 Å². The van der Waals surface area contributed by atoms with Crippen molar-refractivity contribution in [3.63, 3.8) is 0 Å². The van der Waals surface area contributed by atoms with E-state index in [1.165, 1.54) is 17.4 Å². The minimum atomic E-state index is -1.03. The minimum absolute atomic E-state index is 0.196. The van der Waals surface area contributed by atoms with Crippen molar-refractivity contribution < 1.29 is 9.90 Å². The molecule has 0 radical (unpaired) electrons. The zero-order valence-electron chi connectivity index (χ0n) is 10.5. The number of carbonyl (C=O) groups is 1. The Kier molecular flexibility index (Phi) is 4.52. The number of carbonyl (C=O) groups excluding carboxylic acids is 1. The van der Waals surface area contributed by atoms with Crippen LogP contribution in [0.5, 0.6) is 0 Å². The molecule has 0 aliphatic carbocycles. The summed E-state index contributed by atoms with van der Waals surface area (Å²) in [7, 11) is 0. The Bertz CT molecular complexity index is 542. The van der Waals surface area contributed by atoms with Crippen molar-refractivity contribution in [1.82, 2.24) is 5.32 Å². The quantitative estimate of drug-likeness (QED) is 0.833. The van der Waals surface area contributed by atoms with Crippen molar-refractivity contribution in [2.75, 3.05) is 6.54 Å². The summed E-state index contributed by atoms with van der Waals surface area (Å²) < 4.78 is 0. The number of rotatable bonds is 5. The van der Waals surface area contributed by atoms with Gasteiger partial charge in [0, 0.05) is 15.8 Å². The lowest BCUT2D eigenvalue weighted by molar-refractivity contribution is -0.117. The fourth-order valence-corrected chi connectivity index (χ4v) is 2.94. The molecule has 1 amide bonds. The van der Waals surface area contributed by atoms with Crippen LogP contribution in [0.2, 0.25) is 0 Å². The molecule has 3 nitrogen and oxygen atoms in total. The zero-order valence-corrected chi connectivity index (χ0v) is 12.1. The molecule has 19 heavy (non-hydrogen) atoms. The van der Waals surface area contributed by atoms with Gasteiger partial charge in [-0.1, -0.05) is 12.1 Å². The van der Waals surface area contributed by atoms with Crippen molar-refractivity contribution in [2.24, 2.45) is 0 Å². The monoisotopic (exact) mass is 293 g/mol. The molecule has 2 rings (SSSR count). The highest BCUT2D eigenvalue weighted by atomic mass is 32.1. The fourth-order valence-electron chi connectivity index (χ4n) is 1.53. The molecule has 0 bridgehead atoms. The van der Waals surface area contributed by atoms with E-state index in [-0.39, 0.29) is 12.5 Å². The molecule has 0 unspecified atom stereocenters. The Morgan fingerprint density at radius 1 is 1.37 bits per heavy atom. The summed E-state index contributed by atoms with van der Waals surface area (Å²) in [5, 5.41) is 16.8. The van der Waals surface area contributed by atoms with Gasteiger partial charge < -0.3 is 10.4 Å². The molecule has 2 heterocycles. The average molecular weight is 293 g/mol. The highest BCUT2D eigenvalue weighted by Crippen LogP contribution is 2.24. The van der Waals surface area contributed by atoms with E-state index in [1.54, 1.807) is 24.3 Å². The summed E-state index contributed by atoms with van der Waals surface area (Å²) in [6.07, 6.45) is 3.25. The lowest BCUT2D eigenvalue weighted by Crippen LogP contribution is -2.37. The second-order valence-corrected chi connectivity index (χ2v) is 6.24. The van der Waals surface area contributed by atoms with E-state index in [4.69, 9.17) is 0 Å². The standard InChI is InChI=1S/C14H15NO2S2/c1-14(17,12-5-3-9-19-12)10-15-13(16)7-6-11-4-2-8-18-11/h2-9,17H,10H2,1H3,(H,15,16)/b7-6+/t14-/m1/s1. The maximum Gasteiger partial charge on any atom is 0.244 e. The van der Waals surface area contributed by atoms with Gasteiger partial charge >= 0.3 is 0 Å². The number of aliphatic hydroxyl groups is 1. The van der Waals surface area contributed by atoms with E-state index in [0.29, 0.717) is 0 Å². The summed E-state index contributed by atoms with van der Waals surface area (Å²) in [5.74, 6) is -0.203. The van der Waals surface area contributed by atoms with Crippen molar-refractivity contribution >= 4 is 34.7 Å². The maximum atomic E-state index is 11.7. The zero-order chi connectivity index (χ0) is 13.7. The SMILES string of the molecule is C[C@@](O)(CNC(=O)/C=C/c1cccs1)c1cccs1. The van der Waals surface area contributed by atoms with E-state index in [9.17, 15) is 9.90 Å². The van der Waals surface area contributed by atoms with Crippen molar-refractivity contribution in [1.29, 1.82) is 0 Å². The van der Waals surface area contributed by atoms with Gasteiger partial charge in [-0.25, -0.2) is 0 Å². The topological polar surface area (TPSA) is 49.3 Å². The second kappa shape index (κ2) is 6.14. The van der Waals surface area contributed by atoms with Gasteiger partial charge in [0.2, 0.25) is 5.91 Å². The fraction of sp³-hybridized carbons (Fsp3) is 0.214. The molecule has 0 aliphatic heterocycles. The summed E-state index contributed by atoms with van der Waals surface area (Å²) in [6.45, 7) is 1.89. The molecular formula is C14H15NO2S2. The van der Waals surface area contributed by atoms with Crippen LogP contribution in [0.1, 0.15) is 16.7 Å². The molecule has 2 aromatic rings. The van der Waals surface area contributed by atoms with Gasteiger partial charge in [-0.05, 0) is 35.9 Å². The first kappa shape index (κ1) is 14.0. The van der Waals surface area contributed by atoms with Crippen molar-refractivity contribution in [2.45, 2.75) is 12.5 Å². The molecule has 0 fully saturated rings. The van der Waals surface area contributed by atoms with Crippen LogP contribution >= 0.6 is 22.7 Å². The lowest BCUT2D eigenvalue weighted by Gasteiger charge is -2.21. The molecule has 2 aromatic heterocycles. The third kappa shape index (κ3) is 4.02. The van der Waals surface area contributed by atoms with E-state index < -0.39 is 5.60 Å². The first-order valence-corrected chi connectivity index (χ1v) is 7.60. The molecule has 5 heteroatoms. The number of amides is 1. The molecule has 0 saturated carbocycles. The number of thiophene rings is 2. The van der Waals surface area contributed by atoms with Crippen molar-refractivity contribution in [3.05, 3.63) is 50.9 Å². The van der Waals surface area contributed by atoms with Crippen LogP contribution in [0.25, 0.3) is 6.08 Å². The van der Waals surface area contributed by atoms with Gasteiger partial charge in [-0.3, -0.25) is 4.79 Å². The van der Waals surface area contributed by atoms with Crippen LogP contribution in [0.15, 0.2) is 41.1 Å². The summed E-state index contributed by atoms with van der Waals surface area (Å²) in [6, 6.07) is 7.62. The Balaban J connectivity index is 1.87. The summed E-state index contributed by atoms with van der Waals surface area (Å²) in [5.41, 5.74) is -1.03. The van der Waals surface area contributed by atoms with Crippen LogP contribution in [0.3, 0.4) is 0 Å². The van der Waals surface area contributed by atoms with Crippen LogP contribution in [0, 0.1) is 0 Å². The Morgan fingerprint density at radius 3 is 2.74 bits per heavy atom. The number of hydrogen-bond acceptors (Lipinski definition) is 4. The van der Waals surface area contributed by atoms with Crippen LogP contribution in [0.4, 0.5) is 0 Å². The second-order valence-electron chi connectivity index (χ2n) is 4.32. The van der Waals surface area contributed by atoms with Gasteiger partial charge in [0.15, 0.2) is 0 Å². The molecule has 0 spiro atoms. The van der Waals surface area contributed by atoms with Gasteiger partial charge in [0.25, 0.3) is 0 Å². The van der Waals surface area contributed by atoms with Gasteiger partial charge in [0.05, 0.1) is 6.54 Å². The molecule has 0 aromatic carbocycles. The largest absolute Gasteiger partial charge is 0.383 e. The van der Waals surface area contributed by atoms with Crippen LogP contribution in [-0.2, 0) is 10.4 Å². The van der Waals surface area contributed by atoms with Crippen LogP contribution in [-0.4, -0.2) is 17.6 Å². The molecule has 0 saturated heterocycles. The first-order chi connectivity index (χ1) is 9.08. The van der Waals surface area contributed by atoms with Crippen molar-refractivity contribution in [3.8, 4) is 0 Å². The highest BCUT2D eigenvalue weighted by Gasteiger charge is 2.24. The molecular weight excluding hydrogens is 278 g/mol. The molecule has 100 valence electrons.